The summed E-state index contributed by atoms with van der Waals surface area (Å²) in [7, 11) is 0. The molecule has 14 rings (SSSR count). The van der Waals surface area contributed by atoms with Crippen LogP contribution >= 0.6 is 0 Å². The van der Waals surface area contributed by atoms with Gasteiger partial charge in [0.1, 0.15) is 0 Å². The van der Waals surface area contributed by atoms with E-state index in [2.05, 4.69) is 238 Å². The van der Waals surface area contributed by atoms with Crippen LogP contribution in [-0.4, -0.2) is 13.5 Å². The van der Waals surface area contributed by atoms with Gasteiger partial charge in [0.15, 0.2) is 0 Å². The zero-order valence-electron chi connectivity index (χ0n) is 34.2. The number of hydrogen-bond donors (Lipinski definition) is 0. The normalized spacial score (nSPS) is 12.1. The van der Waals surface area contributed by atoms with Crippen molar-refractivity contribution in [2.45, 2.75) is 0 Å². The SMILES string of the molecule is c1ccc(-n2c3ccccc3c3cc(-c4cccc(-c5ccc6c(c5)c5ccccc5n6-c5ccc(-c6ccc7c8cccc9c%10ccccc%10n(c7c6)c98)cc5)c4)ccc32)cc1. The van der Waals surface area contributed by atoms with Gasteiger partial charge in [-0.1, -0.05) is 146 Å². The average molecular weight is 800 g/mol. The van der Waals surface area contributed by atoms with Gasteiger partial charge in [-0.2, -0.15) is 0 Å². The third kappa shape index (κ3) is 4.96. The minimum Gasteiger partial charge on any atom is -0.309 e. The summed E-state index contributed by atoms with van der Waals surface area (Å²) in [5, 5.41) is 10.2. The van der Waals surface area contributed by atoms with Crippen molar-refractivity contribution >= 4 is 81.7 Å². The Kier molecular flexibility index (Phi) is 7.11. The number of hydrogen-bond acceptors (Lipinski definition) is 0. The quantitative estimate of drug-likeness (QED) is 0.165. The molecule has 4 heterocycles. The molecule has 0 spiro atoms. The van der Waals surface area contributed by atoms with Crippen LogP contribution in [0.25, 0.3) is 126 Å². The van der Waals surface area contributed by atoms with Gasteiger partial charge in [0.25, 0.3) is 0 Å². The average Bonchev–Trinajstić information content (AvgIpc) is 4.08. The molecule has 3 heteroatoms. The van der Waals surface area contributed by atoms with E-state index in [4.69, 9.17) is 0 Å². The van der Waals surface area contributed by atoms with Crippen molar-refractivity contribution in [3.05, 3.63) is 224 Å². The van der Waals surface area contributed by atoms with Crippen LogP contribution in [-0.2, 0) is 0 Å². The maximum atomic E-state index is 2.46. The molecular weight excluding hydrogens is 763 g/mol. The van der Waals surface area contributed by atoms with E-state index >= 15 is 0 Å². The molecule has 0 fully saturated rings. The Morgan fingerprint density at radius 1 is 0.206 bits per heavy atom. The van der Waals surface area contributed by atoms with Crippen LogP contribution in [0.5, 0.6) is 0 Å². The van der Waals surface area contributed by atoms with Crippen molar-refractivity contribution < 1.29 is 0 Å². The number of nitrogens with zero attached hydrogens (tertiary/aromatic N) is 3. The van der Waals surface area contributed by atoms with Crippen LogP contribution in [0.3, 0.4) is 0 Å². The molecule has 0 aliphatic rings. The summed E-state index contributed by atoms with van der Waals surface area (Å²) in [5.41, 5.74) is 18.2. The van der Waals surface area contributed by atoms with Crippen LogP contribution in [0.1, 0.15) is 0 Å². The Morgan fingerprint density at radius 3 is 1.24 bits per heavy atom. The molecule has 0 bridgehead atoms. The van der Waals surface area contributed by atoms with E-state index in [1.807, 2.05) is 0 Å². The number of para-hydroxylation sites is 5. The van der Waals surface area contributed by atoms with Gasteiger partial charge < -0.3 is 13.5 Å². The van der Waals surface area contributed by atoms with Gasteiger partial charge in [0.2, 0.25) is 0 Å². The molecule has 0 aliphatic carbocycles. The van der Waals surface area contributed by atoms with Crippen LogP contribution in [0.4, 0.5) is 0 Å². The standard InChI is InChI=1S/C60H37N3/c1-2-14-44(15-3-1)61-54-21-7-5-17-47(54)52-35-41(27-32-57(52)61)39-12-10-13-40(34-39)42-28-33-58-53(36-42)48-18-6-8-22-55(48)62(58)45-29-24-38(25-30-45)43-26-31-49-51-20-11-19-50-46-16-4-9-23-56(46)63(60(50)51)59(49)37-43/h1-37H. The monoisotopic (exact) mass is 799 g/mol. The molecule has 0 saturated carbocycles. The minimum atomic E-state index is 1.15. The second-order valence-corrected chi connectivity index (χ2v) is 16.9. The Hall–Kier alpha value is -8.40. The first kappa shape index (κ1) is 34.3. The highest BCUT2D eigenvalue weighted by Crippen LogP contribution is 2.42. The summed E-state index contributed by atoms with van der Waals surface area (Å²) >= 11 is 0. The second-order valence-electron chi connectivity index (χ2n) is 16.9. The van der Waals surface area contributed by atoms with Crippen LogP contribution < -0.4 is 0 Å². The van der Waals surface area contributed by atoms with E-state index in [-0.39, 0.29) is 0 Å². The number of benzene rings is 10. The molecule has 0 amide bonds. The third-order valence-electron chi connectivity index (χ3n) is 13.6. The van der Waals surface area contributed by atoms with Crippen molar-refractivity contribution in [3.63, 3.8) is 0 Å². The molecule has 4 aromatic heterocycles. The Balaban J connectivity index is 0.839. The van der Waals surface area contributed by atoms with E-state index in [9.17, 15) is 0 Å². The van der Waals surface area contributed by atoms with Crippen LogP contribution in [0.15, 0.2) is 224 Å². The molecule has 0 saturated heterocycles. The number of rotatable bonds is 5. The summed E-state index contributed by atoms with van der Waals surface area (Å²) in [4.78, 5) is 0. The van der Waals surface area contributed by atoms with Gasteiger partial charge in [-0.25, -0.2) is 0 Å². The highest BCUT2D eigenvalue weighted by molar-refractivity contribution is 6.23. The molecule has 14 aromatic rings. The van der Waals surface area contributed by atoms with Crippen molar-refractivity contribution in [1.29, 1.82) is 0 Å². The molecule has 3 nitrogen and oxygen atoms in total. The molecule has 0 unspecified atom stereocenters. The van der Waals surface area contributed by atoms with Crippen molar-refractivity contribution in [2.75, 3.05) is 0 Å². The summed E-state index contributed by atoms with van der Waals surface area (Å²) in [6, 6.07) is 82.6. The molecular formula is C60H37N3. The van der Waals surface area contributed by atoms with E-state index < -0.39 is 0 Å². The van der Waals surface area contributed by atoms with Crippen LogP contribution in [0.2, 0.25) is 0 Å². The van der Waals surface area contributed by atoms with Crippen molar-refractivity contribution in [2.24, 2.45) is 0 Å². The summed E-state index contributed by atoms with van der Waals surface area (Å²) < 4.78 is 7.25. The lowest BCUT2D eigenvalue weighted by Gasteiger charge is -2.11. The highest BCUT2D eigenvalue weighted by atomic mass is 15.0. The third-order valence-corrected chi connectivity index (χ3v) is 13.6. The molecule has 0 aliphatic heterocycles. The predicted octanol–water partition coefficient (Wildman–Crippen LogP) is 16.0. The fourth-order valence-corrected chi connectivity index (χ4v) is 10.7. The van der Waals surface area contributed by atoms with Crippen molar-refractivity contribution in [1.82, 2.24) is 13.5 Å². The highest BCUT2D eigenvalue weighted by Gasteiger charge is 2.19. The maximum absolute atomic E-state index is 2.46. The molecule has 0 atom stereocenters. The van der Waals surface area contributed by atoms with E-state index in [0.717, 1.165) is 5.69 Å². The minimum absolute atomic E-state index is 1.15. The molecule has 10 aromatic carbocycles. The van der Waals surface area contributed by atoms with Gasteiger partial charge in [0, 0.05) is 54.5 Å². The van der Waals surface area contributed by atoms with E-state index in [1.54, 1.807) is 0 Å². The van der Waals surface area contributed by atoms with Gasteiger partial charge in [0.05, 0.1) is 38.6 Å². The fourth-order valence-electron chi connectivity index (χ4n) is 10.7. The molecule has 0 N–H and O–H groups in total. The predicted molar refractivity (Wildman–Crippen MR) is 266 cm³/mol. The lowest BCUT2D eigenvalue weighted by atomic mass is 9.97. The van der Waals surface area contributed by atoms with Gasteiger partial charge >= 0.3 is 0 Å². The first-order valence-electron chi connectivity index (χ1n) is 21.8. The molecule has 63 heavy (non-hydrogen) atoms. The topological polar surface area (TPSA) is 14.3 Å². The van der Waals surface area contributed by atoms with E-state index in [0.29, 0.717) is 0 Å². The Bertz CT molecular complexity index is 4120. The lowest BCUT2D eigenvalue weighted by molar-refractivity contribution is 1.18. The van der Waals surface area contributed by atoms with Crippen molar-refractivity contribution in [3.8, 4) is 44.8 Å². The Labute approximate surface area is 362 Å². The summed E-state index contributed by atoms with van der Waals surface area (Å²) in [6.07, 6.45) is 0. The van der Waals surface area contributed by atoms with Crippen LogP contribution in [0, 0.1) is 0 Å². The number of fused-ring (bicyclic) bond motifs is 12. The second kappa shape index (κ2) is 13.1. The smallest absolute Gasteiger partial charge is 0.0620 e. The van der Waals surface area contributed by atoms with Gasteiger partial charge in [-0.3, -0.25) is 0 Å². The van der Waals surface area contributed by atoms with E-state index in [1.165, 1.54) is 121 Å². The molecule has 292 valence electrons. The zero-order chi connectivity index (χ0) is 41.2. The lowest BCUT2D eigenvalue weighted by Crippen LogP contribution is -1.93. The number of aromatic nitrogens is 3. The zero-order valence-corrected chi connectivity index (χ0v) is 34.2. The Morgan fingerprint density at radius 2 is 0.619 bits per heavy atom. The molecule has 0 radical (unpaired) electrons. The first-order chi connectivity index (χ1) is 31.2. The largest absolute Gasteiger partial charge is 0.309 e. The summed E-state index contributed by atoms with van der Waals surface area (Å²) in [5.74, 6) is 0. The first-order valence-corrected chi connectivity index (χ1v) is 21.8. The maximum Gasteiger partial charge on any atom is 0.0620 e. The van der Waals surface area contributed by atoms with Gasteiger partial charge in [-0.05, 0) is 112 Å². The fraction of sp³-hybridized carbons (Fsp3) is 0. The van der Waals surface area contributed by atoms with Gasteiger partial charge in [-0.15, -0.1) is 0 Å². The summed E-state index contributed by atoms with van der Waals surface area (Å²) in [6.45, 7) is 0.